The summed E-state index contributed by atoms with van der Waals surface area (Å²) in [6.07, 6.45) is 0.696. The van der Waals surface area contributed by atoms with Gasteiger partial charge in [-0.05, 0) is 31.0 Å². The summed E-state index contributed by atoms with van der Waals surface area (Å²) in [6.45, 7) is 4.10. The Morgan fingerprint density at radius 2 is 2.08 bits per heavy atom. The first kappa shape index (κ1) is 8.82. The number of carbonyl (C=O) groups excluding carboxylic acids is 1. The van der Waals surface area contributed by atoms with Gasteiger partial charge < -0.3 is 0 Å². The molecule has 1 heterocycles. The number of Topliss-reactive ketones (excluding diaryl/α,β-unsaturated/α-hetero) is 1. The second kappa shape index (κ2) is 3.18. The summed E-state index contributed by atoms with van der Waals surface area (Å²) in [5.41, 5.74) is 3.35. The topological polar surface area (TPSA) is 17.1 Å². The average Bonchev–Trinajstić information content (AvgIpc) is 2.12. The van der Waals surface area contributed by atoms with Gasteiger partial charge >= 0.3 is 0 Å². The van der Waals surface area contributed by atoms with Gasteiger partial charge in [0.1, 0.15) is 0 Å². The van der Waals surface area contributed by atoms with Crippen molar-refractivity contribution in [2.45, 2.75) is 25.2 Å². The molecule has 0 amide bonds. The van der Waals surface area contributed by atoms with E-state index in [2.05, 4.69) is 19.1 Å². The van der Waals surface area contributed by atoms with E-state index < -0.39 is 0 Å². The van der Waals surface area contributed by atoms with Gasteiger partial charge in [-0.3, -0.25) is 4.79 Å². The van der Waals surface area contributed by atoms with Crippen molar-refractivity contribution in [3.8, 4) is 0 Å². The van der Waals surface area contributed by atoms with E-state index >= 15 is 0 Å². The zero-order chi connectivity index (χ0) is 9.42. The molecule has 0 fully saturated rings. The van der Waals surface area contributed by atoms with Crippen LogP contribution in [0.2, 0.25) is 0 Å². The fourth-order valence-corrected chi connectivity index (χ4v) is 2.72. The third-order valence-corrected chi connectivity index (χ3v) is 3.62. The minimum atomic E-state index is 0.315. The van der Waals surface area contributed by atoms with Gasteiger partial charge in [0.05, 0.1) is 0 Å². The Morgan fingerprint density at radius 3 is 2.85 bits per heavy atom. The molecule has 1 aromatic carbocycles. The Labute approximate surface area is 82.5 Å². The molecule has 0 saturated carbocycles. The van der Waals surface area contributed by atoms with Crippen molar-refractivity contribution in [1.82, 2.24) is 0 Å². The molecule has 1 aliphatic heterocycles. The Kier molecular flexibility index (Phi) is 2.16. The molecule has 0 atom stereocenters. The first-order valence-electron chi connectivity index (χ1n) is 4.46. The number of aryl methyl sites for hydroxylation is 1. The van der Waals surface area contributed by atoms with Crippen molar-refractivity contribution in [2.75, 3.05) is 5.75 Å². The van der Waals surface area contributed by atoms with Crippen LogP contribution in [0.3, 0.4) is 0 Å². The van der Waals surface area contributed by atoms with Gasteiger partial charge in [0.2, 0.25) is 0 Å². The molecule has 2 heteroatoms. The van der Waals surface area contributed by atoms with Crippen molar-refractivity contribution in [3.05, 3.63) is 28.8 Å². The van der Waals surface area contributed by atoms with Gasteiger partial charge in [-0.15, -0.1) is 11.8 Å². The highest BCUT2D eigenvalue weighted by molar-refractivity contribution is 7.99. The Balaban J connectivity index is 2.65. The summed E-state index contributed by atoms with van der Waals surface area (Å²) in [7, 11) is 0. The molecule has 1 aromatic rings. The van der Waals surface area contributed by atoms with Crippen LogP contribution >= 0.6 is 11.8 Å². The summed E-state index contributed by atoms with van der Waals surface area (Å²) >= 11 is 1.79. The maximum absolute atomic E-state index is 11.6. The Hall–Kier alpha value is -0.760. The number of thioether (sulfide) groups is 1. The molecule has 68 valence electrons. The van der Waals surface area contributed by atoms with E-state index in [0.29, 0.717) is 12.2 Å². The fraction of sp³-hybridized carbons (Fsp3) is 0.364. The first-order chi connectivity index (χ1) is 6.20. The van der Waals surface area contributed by atoms with Crippen LogP contribution < -0.4 is 0 Å². The average molecular weight is 192 g/mol. The van der Waals surface area contributed by atoms with Gasteiger partial charge in [-0.25, -0.2) is 0 Å². The maximum Gasteiger partial charge on any atom is 0.165 e. The number of rotatable bonds is 0. The smallest absolute Gasteiger partial charge is 0.165 e. The van der Waals surface area contributed by atoms with Crippen LogP contribution in [0.4, 0.5) is 0 Å². The molecule has 1 aliphatic rings. The van der Waals surface area contributed by atoms with E-state index in [0.717, 1.165) is 16.9 Å². The number of fused-ring (bicyclic) bond motifs is 1. The molecule has 13 heavy (non-hydrogen) atoms. The van der Waals surface area contributed by atoms with Crippen molar-refractivity contribution in [1.29, 1.82) is 0 Å². The highest BCUT2D eigenvalue weighted by Crippen LogP contribution is 2.32. The predicted octanol–water partition coefficient (Wildman–Crippen LogP) is 2.98. The van der Waals surface area contributed by atoms with Crippen LogP contribution in [0.15, 0.2) is 17.0 Å². The summed E-state index contributed by atoms with van der Waals surface area (Å²) in [5, 5.41) is 0. The number of hydrogen-bond acceptors (Lipinski definition) is 2. The van der Waals surface area contributed by atoms with E-state index in [1.807, 2.05) is 6.92 Å². The molecule has 0 spiro atoms. The summed E-state index contributed by atoms with van der Waals surface area (Å²) < 4.78 is 0. The maximum atomic E-state index is 11.6. The lowest BCUT2D eigenvalue weighted by Gasteiger charge is -2.17. The summed E-state index contributed by atoms with van der Waals surface area (Å²) in [5.74, 6) is 1.25. The third kappa shape index (κ3) is 1.39. The minimum Gasteiger partial charge on any atom is -0.294 e. The van der Waals surface area contributed by atoms with Crippen LogP contribution in [0, 0.1) is 13.8 Å². The molecule has 0 radical (unpaired) electrons. The van der Waals surface area contributed by atoms with Gasteiger partial charge in [-0.2, -0.15) is 0 Å². The van der Waals surface area contributed by atoms with Crippen LogP contribution in [0.1, 0.15) is 27.9 Å². The van der Waals surface area contributed by atoms with E-state index in [-0.39, 0.29) is 0 Å². The lowest BCUT2D eigenvalue weighted by atomic mass is 9.98. The first-order valence-corrected chi connectivity index (χ1v) is 5.45. The van der Waals surface area contributed by atoms with Gasteiger partial charge in [0, 0.05) is 22.6 Å². The molecule has 0 N–H and O–H groups in total. The molecule has 0 unspecified atom stereocenters. The number of benzene rings is 1. The van der Waals surface area contributed by atoms with E-state index in [9.17, 15) is 4.79 Å². The zero-order valence-electron chi connectivity index (χ0n) is 7.89. The van der Waals surface area contributed by atoms with Gasteiger partial charge in [0.25, 0.3) is 0 Å². The largest absolute Gasteiger partial charge is 0.294 e. The van der Waals surface area contributed by atoms with Gasteiger partial charge in [-0.1, -0.05) is 6.07 Å². The molecule has 0 aromatic heterocycles. The Bertz CT molecular complexity index is 369. The lowest BCUT2D eigenvalue weighted by molar-refractivity contribution is 0.0984. The number of ketones is 1. The van der Waals surface area contributed by atoms with Crippen LogP contribution in [0.25, 0.3) is 0 Å². The molecular weight excluding hydrogens is 180 g/mol. The standard InChI is InChI=1S/C11H12OS/c1-7-3-4-10-11(8(7)2)9(12)5-6-13-10/h3-4H,5-6H2,1-2H3. The lowest BCUT2D eigenvalue weighted by Crippen LogP contribution is -2.10. The molecule has 0 aliphatic carbocycles. The second-order valence-electron chi connectivity index (χ2n) is 3.40. The monoisotopic (exact) mass is 192 g/mol. The second-order valence-corrected chi connectivity index (χ2v) is 4.54. The van der Waals surface area contributed by atoms with Crippen molar-refractivity contribution >= 4 is 17.5 Å². The third-order valence-electron chi connectivity index (χ3n) is 2.56. The predicted molar refractivity (Wildman–Crippen MR) is 55.6 cm³/mol. The minimum absolute atomic E-state index is 0.315. The number of hydrogen-bond donors (Lipinski definition) is 0. The SMILES string of the molecule is Cc1ccc2c(c1C)C(=O)CCS2. The van der Waals surface area contributed by atoms with E-state index in [1.54, 1.807) is 11.8 Å². The van der Waals surface area contributed by atoms with Gasteiger partial charge in [0.15, 0.2) is 5.78 Å². The van der Waals surface area contributed by atoms with Crippen LogP contribution in [-0.2, 0) is 0 Å². The normalized spacial score (nSPS) is 15.7. The molecule has 2 rings (SSSR count). The highest BCUT2D eigenvalue weighted by atomic mass is 32.2. The summed E-state index contributed by atoms with van der Waals surface area (Å²) in [6, 6.07) is 4.17. The molecular formula is C11H12OS. The zero-order valence-corrected chi connectivity index (χ0v) is 8.70. The van der Waals surface area contributed by atoms with E-state index in [4.69, 9.17) is 0 Å². The molecule has 0 bridgehead atoms. The highest BCUT2D eigenvalue weighted by Gasteiger charge is 2.19. The quantitative estimate of drug-likeness (QED) is 0.628. The Morgan fingerprint density at radius 1 is 1.31 bits per heavy atom. The summed E-state index contributed by atoms with van der Waals surface area (Å²) in [4.78, 5) is 12.8. The number of carbonyl (C=O) groups is 1. The van der Waals surface area contributed by atoms with E-state index in [1.165, 1.54) is 10.5 Å². The van der Waals surface area contributed by atoms with Crippen molar-refractivity contribution < 1.29 is 4.79 Å². The van der Waals surface area contributed by atoms with Crippen LogP contribution in [-0.4, -0.2) is 11.5 Å². The molecule has 1 nitrogen and oxygen atoms in total. The van der Waals surface area contributed by atoms with Crippen LogP contribution in [0.5, 0.6) is 0 Å². The van der Waals surface area contributed by atoms with Crippen molar-refractivity contribution in [3.63, 3.8) is 0 Å². The fourth-order valence-electron chi connectivity index (χ4n) is 1.64. The molecule has 0 saturated heterocycles. The van der Waals surface area contributed by atoms with Crippen molar-refractivity contribution in [2.24, 2.45) is 0 Å².